The van der Waals surface area contributed by atoms with E-state index in [1.807, 2.05) is 36.4 Å². The summed E-state index contributed by atoms with van der Waals surface area (Å²) in [6, 6.07) is 32.8. The molecule has 4 saturated heterocycles. The molecule has 26 heteroatoms. The number of hydrogen-bond donors (Lipinski definition) is 0. The van der Waals surface area contributed by atoms with Crippen molar-refractivity contribution in [3.05, 3.63) is 102 Å². The van der Waals surface area contributed by atoms with Crippen LogP contribution in [0.4, 0.5) is 0 Å². The second-order valence-electron chi connectivity index (χ2n) is 43.7. The number of methoxy groups -OCH3 is 5. The van der Waals surface area contributed by atoms with Crippen molar-refractivity contribution in [2.24, 2.45) is 17.8 Å². The number of allylic oxidation sites excluding steroid dienone is 1. The van der Waals surface area contributed by atoms with E-state index in [9.17, 15) is 0 Å². The van der Waals surface area contributed by atoms with E-state index in [0.717, 1.165) is 133 Å². The van der Waals surface area contributed by atoms with Gasteiger partial charge in [-0.2, -0.15) is 0 Å². The highest BCUT2D eigenvalue weighted by atomic mass is 35.5. The second kappa shape index (κ2) is 52.3. The fourth-order valence-corrected chi connectivity index (χ4v) is 32.0. The SMILES string of the molecule is CC[Si](CC)(CC)O[C@H]([C@@H](OCc1ccc(OC)cc1)[C@H](CCC(=O)/C=C\[C@H](C)[C@@H](C[C@H](C[C@@H](C[C@@H]1CCC[C@H](CCOCc2ccc(OC)cc2)O1)O[Si](C)(C)C(C)(C)C)O[Si](C)(C)C(C)(C)C)OCc1ccc(OC)cc1)OC)[C@@H](O[Si](CC)(CC)CC)[C@@H](C)CC[C@H]1O[C@@]2(CC[C@H](C)[C@@]3(C[C@H](O[Si](CC)(CC)CC)[C@H](CCO[Si](C)(C)C(C)(C)C)O3)O2)C[C@@H](OC)[C@@H]1Cl. The molecular formula is C105H187ClO19Si6. The molecule has 0 radical (unpaired) electrons. The van der Waals surface area contributed by atoms with Gasteiger partial charge in [0.1, 0.15) is 23.4 Å². The van der Waals surface area contributed by atoms with Gasteiger partial charge in [0, 0.05) is 77.2 Å². The quantitative estimate of drug-likeness (QED) is 0.0225. The van der Waals surface area contributed by atoms with Crippen LogP contribution in [0.2, 0.25) is 109 Å². The highest BCUT2D eigenvalue weighted by Crippen LogP contribution is 2.55. The number of rotatable bonds is 58. The number of ether oxygens (including phenoxy) is 12. The van der Waals surface area contributed by atoms with Gasteiger partial charge >= 0.3 is 0 Å². The molecule has 0 unspecified atom stereocenters. The van der Waals surface area contributed by atoms with Crippen molar-refractivity contribution in [3.8, 4) is 17.2 Å². The molecule has 4 aliphatic heterocycles. The normalized spacial score (nSPS) is 24.6. The molecule has 19 nitrogen and oxygen atoms in total. The second-order valence-corrected chi connectivity index (χ2v) is 72.7. The van der Waals surface area contributed by atoms with Crippen molar-refractivity contribution in [1.29, 1.82) is 0 Å². The summed E-state index contributed by atoms with van der Waals surface area (Å²) in [6.07, 6.45) is 10.6. The lowest BCUT2D eigenvalue weighted by Gasteiger charge is -2.54. The van der Waals surface area contributed by atoms with E-state index in [-0.39, 0.29) is 101 Å². The smallest absolute Gasteiger partial charge is 0.192 e. The van der Waals surface area contributed by atoms with Crippen LogP contribution < -0.4 is 14.2 Å². The molecule has 0 bridgehead atoms. The standard InChI is InChI=1S/C105H187ClO19Si6/c1-33-129(34-2,35-3)122-95-73-105(119-91(95)65-68-116-126(27,28)101(13,14)15)79(12)63-66-104(125-105)72-96(112-26)97(106)92(118-104)61-46-78(11)98(123-130(36-4,37-5)38-6)100(124-131(39-7,40-8)41-9)99(115-76-82-51-59-86(110-24)60-52-82)93(111-25)62-54-83(107)53-45-77(10)94(114-75-81-49-57-85(109-23)58-50-81)71-90(121-128(31,32)103(19,20)21)70-89(120-127(29,30)102(16,17)18)69-88-44-42-43-87(117-88)64-67-113-74-80-47-55-84(108-22)56-48-80/h45,47-53,55-60,77-79,87-100H,33-44,46,54,61-76H2,1-32H3/b53-45-/t77-,78-,79-,87+,88-,89+,90-,91-,92+,93-,94+,95-,96+,97+,98-,99-,100-,104+,105+/m0/s1. The summed E-state index contributed by atoms with van der Waals surface area (Å²) in [5, 5.41) is -0.543. The summed E-state index contributed by atoms with van der Waals surface area (Å²) in [5.41, 5.74) is 3.10. The number of carbonyl (C=O) groups excluding carboxylic acids is 1. The monoisotopic (exact) mass is 1960 g/mol. The molecule has 2 spiro atoms. The zero-order chi connectivity index (χ0) is 97.2. The number of benzene rings is 3. The highest BCUT2D eigenvalue weighted by Gasteiger charge is 2.62. The molecule has 752 valence electrons. The molecule has 131 heavy (non-hydrogen) atoms. The van der Waals surface area contributed by atoms with E-state index < -0.39 is 97.4 Å². The van der Waals surface area contributed by atoms with Crippen molar-refractivity contribution < 1.29 is 88.2 Å². The third-order valence-electron chi connectivity index (χ3n) is 32.2. The summed E-state index contributed by atoms with van der Waals surface area (Å²) < 4.78 is 127. The maximum atomic E-state index is 15.3. The Bertz CT molecular complexity index is 3750. The van der Waals surface area contributed by atoms with Gasteiger partial charge in [-0.25, -0.2) is 0 Å². The van der Waals surface area contributed by atoms with Gasteiger partial charge in [-0.05, 0) is 251 Å². The van der Waals surface area contributed by atoms with Crippen LogP contribution in [-0.4, -0.2) is 201 Å². The number of halogens is 1. The fourth-order valence-electron chi connectivity index (χ4n) is 19.1. The van der Waals surface area contributed by atoms with Gasteiger partial charge in [-0.3, -0.25) is 4.79 Å². The Labute approximate surface area is 808 Å². The van der Waals surface area contributed by atoms with Crippen LogP contribution >= 0.6 is 11.6 Å². The summed E-state index contributed by atoms with van der Waals surface area (Å²) in [5.74, 6) is 0.0832. The van der Waals surface area contributed by atoms with E-state index >= 15 is 4.79 Å². The lowest BCUT2D eigenvalue weighted by Crippen LogP contribution is -2.61. The molecule has 4 fully saturated rings. The highest BCUT2D eigenvalue weighted by molar-refractivity contribution is 6.76. The van der Waals surface area contributed by atoms with Gasteiger partial charge in [0.05, 0.1) is 108 Å². The number of alkyl halides is 1. The van der Waals surface area contributed by atoms with Crippen molar-refractivity contribution >= 4 is 67.3 Å². The number of carbonyl (C=O) groups is 1. The Balaban J connectivity index is 1.23. The molecule has 19 atom stereocenters. The van der Waals surface area contributed by atoms with Gasteiger partial charge in [0.25, 0.3) is 0 Å². The van der Waals surface area contributed by atoms with E-state index in [4.69, 9.17) is 95.0 Å². The predicted octanol–water partition coefficient (Wildman–Crippen LogP) is 27.3. The van der Waals surface area contributed by atoms with Crippen LogP contribution in [0.15, 0.2) is 84.9 Å². The molecule has 0 saturated carbocycles. The zero-order valence-corrected chi connectivity index (χ0v) is 95.0. The molecule has 0 aromatic heterocycles. The first-order chi connectivity index (χ1) is 61.7. The third-order valence-corrected chi connectivity index (χ3v) is 60.4. The molecule has 0 amide bonds. The van der Waals surface area contributed by atoms with Crippen LogP contribution in [0.25, 0.3) is 0 Å². The van der Waals surface area contributed by atoms with E-state index in [1.165, 1.54) is 0 Å². The Kier molecular flexibility index (Phi) is 46.1. The molecule has 0 N–H and O–H groups in total. The maximum absolute atomic E-state index is 15.3. The first kappa shape index (κ1) is 115. The minimum absolute atomic E-state index is 0.0130. The van der Waals surface area contributed by atoms with Gasteiger partial charge in [0.2, 0.25) is 0 Å². The molecule has 4 aliphatic rings. The Hall–Kier alpha value is -2.54. The van der Waals surface area contributed by atoms with Crippen LogP contribution in [0.5, 0.6) is 17.2 Å². The average Bonchev–Trinajstić information content (AvgIpc) is 1.62. The largest absolute Gasteiger partial charge is 0.497 e. The fraction of sp³-hybridized carbons (Fsp3) is 0.800. The van der Waals surface area contributed by atoms with Crippen LogP contribution in [0, 0.1) is 17.8 Å². The summed E-state index contributed by atoms with van der Waals surface area (Å²) >= 11 is 7.81. The lowest BCUT2D eigenvalue weighted by molar-refractivity contribution is -0.414. The molecule has 7 rings (SSSR count). The number of ketones is 1. The molecule has 3 aromatic carbocycles. The van der Waals surface area contributed by atoms with Crippen molar-refractivity contribution in [2.45, 2.75) is 473 Å². The van der Waals surface area contributed by atoms with Crippen LogP contribution in [0.3, 0.4) is 0 Å². The van der Waals surface area contributed by atoms with Gasteiger partial charge in [-0.1, -0.05) is 188 Å². The molecule has 4 heterocycles. The average molecular weight is 1960 g/mol. The predicted molar refractivity (Wildman–Crippen MR) is 551 cm³/mol. The van der Waals surface area contributed by atoms with Gasteiger partial charge in [-0.15, -0.1) is 11.6 Å². The van der Waals surface area contributed by atoms with Crippen molar-refractivity contribution in [1.82, 2.24) is 0 Å². The Morgan fingerprint density at radius 2 is 1.02 bits per heavy atom. The lowest BCUT2D eigenvalue weighted by atomic mass is 9.82. The first-order valence-corrected chi connectivity index (χ1v) is 67.8. The minimum Gasteiger partial charge on any atom is -0.497 e. The van der Waals surface area contributed by atoms with Crippen LogP contribution in [-0.2, 0) is 93.8 Å². The van der Waals surface area contributed by atoms with Gasteiger partial charge in [0.15, 0.2) is 67.3 Å². The van der Waals surface area contributed by atoms with E-state index in [0.29, 0.717) is 77.8 Å². The van der Waals surface area contributed by atoms with Gasteiger partial charge < -0.3 is 83.4 Å². The summed E-state index contributed by atoms with van der Waals surface area (Å²) in [4.78, 5) is 15.3. The molecule has 0 aliphatic carbocycles. The number of hydrogen-bond acceptors (Lipinski definition) is 19. The minimum atomic E-state index is -2.56. The molecule has 3 aromatic rings. The molecular weight excluding hydrogens is 1770 g/mol. The van der Waals surface area contributed by atoms with E-state index in [2.05, 4.69) is 227 Å². The van der Waals surface area contributed by atoms with Crippen molar-refractivity contribution in [2.75, 3.05) is 48.8 Å². The third kappa shape index (κ3) is 32.8. The summed E-state index contributed by atoms with van der Waals surface area (Å²) in [7, 11) is -5.44. The van der Waals surface area contributed by atoms with E-state index in [1.54, 1.807) is 41.6 Å². The maximum Gasteiger partial charge on any atom is 0.192 e. The van der Waals surface area contributed by atoms with Crippen molar-refractivity contribution in [3.63, 3.8) is 0 Å². The first-order valence-electron chi connectivity index (χ1n) is 51.0. The Morgan fingerprint density at radius 1 is 0.519 bits per heavy atom. The van der Waals surface area contributed by atoms with Crippen LogP contribution in [0.1, 0.15) is 265 Å². The Morgan fingerprint density at radius 3 is 1.51 bits per heavy atom. The summed E-state index contributed by atoms with van der Waals surface area (Å²) in [6.45, 7) is 64.8. The zero-order valence-electron chi connectivity index (χ0n) is 88.2. The topological polar surface area (TPSA) is 183 Å².